The summed E-state index contributed by atoms with van der Waals surface area (Å²) < 4.78 is 27.3. The highest BCUT2D eigenvalue weighted by atomic mass is 16.7. The van der Waals surface area contributed by atoms with Crippen LogP contribution in [0, 0.1) is 0 Å². The number of methoxy groups -OCH3 is 3. The summed E-state index contributed by atoms with van der Waals surface area (Å²) in [7, 11) is 4.75. The van der Waals surface area contributed by atoms with Gasteiger partial charge in [0, 0.05) is 25.1 Å². The van der Waals surface area contributed by atoms with Gasteiger partial charge >= 0.3 is 0 Å². The number of hydrogen-bond donors (Lipinski definition) is 3. The van der Waals surface area contributed by atoms with Crippen molar-refractivity contribution in [3.63, 3.8) is 0 Å². The standard InChI is InChI=1S/C25H32N2O7/c1-16(30-2)34-22-9-8-20(19-6-10-24(29)27-25(19)22)33-15-18(28)14-26-12-11-17-5-7-21(31-3)23(13-17)32-4/h5-10,13,16,18,26,28H,11-12,14-15H2,1-4H3,(H,27,29). The van der Waals surface area contributed by atoms with Gasteiger partial charge in [0.2, 0.25) is 5.56 Å². The van der Waals surface area contributed by atoms with Crippen molar-refractivity contribution in [3.8, 4) is 23.0 Å². The molecule has 0 spiro atoms. The van der Waals surface area contributed by atoms with Crippen molar-refractivity contribution < 1.29 is 28.8 Å². The van der Waals surface area contributed by atoms with Crippen LogP contribution in [0.15, 0.2) is 47.3 Å². The fraction of sp³-hybridized carbons (Fsp3) is 0.400. The third-order valence-corrected chi connectivity index (χ3v) is 5.29. The van der Waals surface area contributed by atoms with Gasteiger partial charge in [0.15, 0.2) is 17.8 Å². The first-order chi connectivity index (χ1) is 16.4. The molecule has 3 rings (SSSR count). The van der Waals surface area contributed by atoms with Crippen LogP contribution in [-0.2, 0) is 11.2 Å². The molecule has 0 aliphatic carbocycles. The van der Waals surface area contributed by atoms with E-state index in [2.05, 4.69) is 10.3 Å². The maximum Gasteiger partial charge on any atom is 0.248 e. The van der Waals surface area contributed by atoms with Crippen molar-refractivity contribution in [2.45, 2.75) is 25.7 Å². The number of aromatic amines is 1. The maximum absolute atomic E-state index is 11.8. The van der Waals surface area contributed by atoms with Gasteiger partial charge in [0.05, 0.1) is 19.7 Å². The van der Waals surface area contributed by atoms with Crippen molar-refractivity contribution in [2.24, 2.45) is 0 Å². The number of rotatable bonds is 13. The molecule has 2 unspecified atom stereocenters. The number of fused-ring (bicyclic) bond motifs is 1. The van der Waals surface area contributed by atoms with Gasteiger partial charge < -0.3 is 39.1 Å². The molecular weight excluding hydrogens is 440 g/mol. The molecule has 0 aliphatic rings. The topological polar surface area (TPSA) is 111 Å². The highest BCUT2D eigenvalue weighted by Gasteiger charge is 2.13. The zero-order chi connectivity index (χ0) is 24.5. The molecule has 0 amide bonds. The van der Waals surface area contributed by atoms with Crippen LogP contribution in [0.2, 0.25) is 0 Å². The number of H-pyrrole nitrogens is 1. The van der Waals surface area contributed by atoms with Crippen LogP contribution < -0.4 is 29.8 Å². The van der Waals surface area contributed by atoms with Crippen molar-refractivity contribution >= 4 is 10.9 Å². The molecule has 3 N–H and O–H groups in total. The van der Waals surface area contributed by atoms with Gasteiger partial charge in [-0.1, -0.05) is 6.07 Å². The molecule has 34 heavy (non-hydrogen) atoms. The molecule has 9 nitrogen and oxygen atoms in total. The van der Waals surface area contributed by atoms with E-state index in [0.29, 0.717) is 47.0 Å². The van der Waals surface area contributed by atoms with E-state index in [9.17, 15) is 9.90 Å². The Morgan fingerprint density at radius 3 is 2.44 bits per heavy atom. The molecule has 0 aliphatic heterocycles. The molecule has 3 aromatic rings. The fourth-order valence-corrected chi connectivity index (χ4v) is 3.43. The van der Waals surface area contributed by atoms with Crippen LogP contribution in [0.1, 0.15) is 12.5 Å². The molecule has 2 atom stereocenters. The lowest BCUT2D eigenvalue weighted by Gasteiger charge is -2.17. The quantitative estimate of drug-likeness (QED) is 0.257. The normalized spacial score (nSPS) is 12.9. The minimum Gasteiger partial charge on any atom is -0.493 e. The Balaban J connectivity index is 1.53. The van der Waals surface area contributed by atoms with E-state index in [-0.39, 0.29) is 12.2 Å². The Kier molecular flexibility index (Phi) is 9.15. The first-order valence-corrected chi connectivity index (χ1v) is 11.0. The second-order valence-corrected chi connectivity index (χ2v) is 7.70. The maximum atomic E-state index is 11.8. The largest absolute Gasteiger partial charge is 0.493 e. The fourth-order valence-electron chi connectivity index (χ4n) is 3.43. The van der Waals surface area contributed by atoms with Crippen molar-refractivity contribution in [3.05, 3.63) is 58.4 Å². The number of ether oxygens (including phenoxy) is 5. The second-order valence-electron chi connectivity index (χ2n) is 7.70. The van der Waals surface area contributed by atoms with Gasteiger partial charge in [-0.15, -0.1) is 0 Å². The summed E-state index contributed by atoms with van der Waals surface area (Å²) in [6.07, 6.45) is -0.425. The van der Waals surface area contributed by atoms with Crippen LogP contribution in [0.3, 0.4) is 0 Å². The van der Waals surface area contributed by atoms with E-state index in [1.807, 2.05) is 18.2 Å². The average molecular weight is 473 g/mol. The third kappa shape index (κ3) is 6.63. The molecule has 1 aromatic heterocycles. The molecule has 184 valence electrons. The summed E-state index contributed by atoms with van der Waals surface area (Å²) in [6.45, 7) is 2.90. The third-order valence-electron chi connectivity index (χ3n) is 5.29. The predicted octanol–water partition coefficient (Wildman–Crippen LogP) is 2.49. The van der Waals surface area contributed by atoms with Crippen LogP contribution >= 0.6 is 0 Å². The van der Waals surface area contributed by atoms with Crippen molar-refractivity contribution in [1.82, 2.24) is 10.3 Å². The molecule has 0 bridgehead atoms. The molecule has 1 heterocycles. The molecule has 0 saturated heterocycles. The summed E-state index contributed by atoms with van der Waals surface area (Å²) in [5.41, 5.74) is 1.36. The number of benzene rings is 2. The van der Waals surface area contributed by atoms with Gasteiger partial charge in [-0.3, -0.25) is 4.79 Å². The highest BCUT2D eigenvalue weighted by Crippen LogP contribution is 2.32. The first kappa shape index (κ1) is 25.4. The van der Waals surface area contributed by atoms with Gasteiger partial charge in [0.1, 0.15) is 24.2 Å². The zero-order valence-corrected chi connectivity index (χ0v) is 19.9. The predicted molar refractivity (Wildman–Crippen MR) is 129 cm³/mol. The van der Waals surface area contributed by atoms with E-state index >= 15 is 0 Å². The van der Waals surface area contributed by atoms with Gasteiger partial charge in [-0.05, 0) is 55.8 Å². The van der Waals surface area contributed by atoms with Crippen molar-refractivity contribution in [1.29, 1.82) is 0 Å². The number of nitrogens with one attached hydrogen (secondary N) is 2. The highest BCUT2D eigenvalue weighted by molar-refractivity contribution is 5.89. The van der Waals surface area contributed by atoms with Gasteiger partial charge in [-0.25, -0.2) is 0 Å². The Morgan fingerprint density at radius 2 is 1.71 bits per heavy atom. The number of aromatic nitrogens is 1. The first-order valence-electron chi connectivity index (χ1n) is 11.0. The van der Waals surface area contributed by atoms with E-state index in [1.54, 1.807) is 39.3 Å². The summed E-state index contributed by atoms with van der Waals surface area (Å²) in [5, 5.41) is 14.3. The van der Waals surface area contributed by atoms with Gasteiger partial charge in [-0.2, -0.15) is 0 Å². The Labute approximate surface area is 198 Å². The van der Waals surface area contributed by atoms with Crippen LogP contribution in [-0.4, -0.2) is 63.5 Å². The lowest BCUT2D eigenvalue weighted by atomic mass is 10.1. The van der Waals surface area contributed by atoms with E-state index in [0.717, 1.165) is 12.0 Å². The Bertz CT molecular complexity index is 1130. The monoisotopic (exact) mass is 472 g/mol. The van der Waals surface area contributed by atoms with Crippen LogP contribution in [0.25, 0.3) is 10.9 Å². The zero-order valence-electron chi connectivity index (χ0n) is 19.9. The molecule has 9 heteroatoms. The number of pyridine rings is 1. The minimum atomic E-state index is -0.715. The van der Waals surface area contributed by atoms with E-state index in [1.165, 1.54) is 13.2 Å². The SMILES string of the molecule is COc1ccc(CCNCC(O)COc2ccc(OC(C)OC)c3[nH]c(=O)ccc23)cc1OC. The minimum absolute atomic E-state index is 0.0895. The van der Waals surface area contributed by atoms with Crippen LogP contribution in [0.4, 0.5) is 0 Å². The smallest absolute Gasteiger partial charge is 0.248 e. The van der Waals surface area contributed by atoms with E-state index in [4.69, 9.17) is 23.7 Å². The summed E-state index contributed by atoms with van der Waals surface area (Å²) >= 11 is 0. The summed E-state index contributed by atoms with van der Waals surface area (Å²) in [6, 6.07) is 12.3. The lowest BCUT2D eigenvalue weighted by molar-refractivity contribution is -0.0374. The molecular formula is C25H32N2O7. The summed E-state index contributed by atoms with van der Waals surface area (Å²) in [4.78, 5) is 14.6. The number of aliphatic hydroxyl groups is 1. The number of aliphatic hydroxyl groups excluding tert-OH is 1. The molecule has 2 aromatic carbocycles. The van der Waals surface area contributed by atoms with E-state index < -0.39 is 12.4 Å². The van der Waals surface area contributed by atoms with Crippen molar-refractivity contribution in [2.75, 3.05) is 41.0 Å². The number of hydrogen-bond acceptors (Lipinski definition) is 8. The Hall–Kier alpha value is -3.27. The second kappa shape index (κ2) is 12.3. The molecule has 0 radical (unpaired) electrons. The van der Waals surface area contributed by atoms with Gasteiger partial charge in [0.25, 0.3) is 0 Å². The lowest BCUT2D eigenvalue weighted by Crippen LogP contribution is -2.32. The molecule has 0 fully saturated rings. The molecule has 0 saturated carbocycles. The van der Waals surface area contributed by atoms with Crippen LogP contribution in [0.5, 0.6) is 23.0 Å². The summed E-state index contributed by atoms with van der Waals surface area (Å²) in [5.74, 6) is 2.39. The average Bonchev–Trinajstić information content (AvgIpc) is 2.85. The Morgan fingerprint density at radius 1 is 0.971 bits per heavy atom.